The second-order valence-corrected chi connectivity index (χ2v) is 5.63. The summed E-state index contributed by atoms with van der Waals surface area (Å²) in [5, 5.41) is 10.1. The third-order valence-electron chi connectivity index (χ3n) is 3.47. The Labute approximate surface area is 117 Å². The molecule has 5 heteroatoms. The molecule has 104 valence electrons. The van der Waals surface area contributed by atoms with E-state index in [2.05, 4.69) is 0 Å². The van der Waals surface area contributed by atoms with E-state index in [1.54, 1.807) is 0 Å². The van der Waals surface area contributed by atoms with E-state index in [9.17, 15) is 9.90 Å². The molecule has 1 atom stereocenters. The zero-order chi connectivity index (χ0) is 13.9. The molecule has 1 aliphatic heterocycles. The number of nitrogens with zero attached hydrogens (tertiary/aromatic N) is 1. The quantitative estimate of drug-likeness (QED) is 0.901. The first-order chi connectivity index (χ1) is 9.02. The minimum Gasteiger partial charge on any atom is -0.481 e. The van der Waals surface area contributed by atoms with Crippen molar-refractivity contribution >= 4 is 17.6 Å². The van der Waals surface area contributed by atoms with Gasteiger partial charge in [-0.3, -0.25) is 4.79 Å². The van der Waals surface area contributed by atoms with Crippen LogP contribution in [0.5, 0.6) is 0 Å². The molecule has 4 nitrogen and oxygen atoms in total. The Morgan fingerprint density at radius 3 is 2.95 bits per heavy atom. The van der Waals surface area contributed by atoms with Crippen LogP contribution in [0.25, 0.3) is 0 Å². The van der Waals surface area contributed by atoms with Gasteiger partial charge in [0.1, 0.15) is 5.41 Å². The summed E-state index contributed by atoms with van der Waals surface area (Å²) in [5.41, 5.74) is 0.308. The molecular weight excluding hydrogens is 266 g/mol. The maximum atomic E-state index is 11.4. The molecule has 1 saturated heterocycles. The number of halogens is 1. The van der Waals surface area contributed by atoms with Gasteiger partial charge in [-0.15, -0.1) is 0 Å². The number of carbonyl (C=O) groups is 1. The van der Waals surface area contributed by atoms with E-state index in [0.29, 0.717) is 37.7 Å². The Bertz CT molecular complexity index is 458. The van der Waals surface area contributed by atoms with Crippen LogP contribution in [-0.4, -0.2) is 42.8 Å². The van der Waals surface area contributed by atoms with E-state index < -0.39 is 11.4 Å². The molecule has 0 aromatic heterocycles. The average molecular weight is 284 g/mol. The number of carboxylic acids is 1. The topological polar surface area (TPSA) is 49.8 Å². The number of ether oxygens (including phenoxy) is 1. The van der Waals surface area contributed by atoms with Crippen LogP contribution in [0.15, 0.2) is 24.3 Å². The highest BCUT2D eigenvalue weighted by Gasteiger charge is 2.43. The second-order valence-electron chi connectivity index (χ2n) is 5.19. The molecule has 2 rings (SSSR count). The number of aliphatic carboxylic acids is 1. The normalized spacial score (nSPS) is 22.9. The zero-order valence-corrected chi connectivity index (χ0v) is 11.7. The van der Waals surface area contributed by atoms with Gasteiger partial charge in [0, 0.05) is 24.7 Å². The molecule has 0 amide bonds. The summed E-state index contributed by atoms with van der Waals surface area (Å²) in [6.07, 6.45) is 0.572. The predicted octanol–water partition coefficient (Wildman–Crippen LogP) is 2.26. The molecule has 0 aliphatic carbocycles. The lowest BCUT2D eigenvalue weighted by atomic mass is 9.87. The number of hydrogen-bond acceptors (Lipinski definition) is 3. The number of benzene rings is 1. The molecule has 1 unspecified atom stereocenters. The van der Waals surface area contributed by atoms with Crippen molar-refractivity contribution in [3.05, 3.63) is 34.9 Å². The molecule has 1 aromatic rings. The number of hydrogen-bond donors (Lipinski definition) is 1. The smallest absolute Gasteiger partial charge is 0.313 e. The van der Waals surface area contributed by atoms with Gasteiger partial charge in [-0.25, -0.2) is 0 Å². The third kappa shape index (κ3) is 3.47. The highest BCUT2D eigenvalue weighted by Crippen LogP contribution is 2.30. The van der Waals surface area contributed by atoms with Gasteiger partial charge in [-0.1, -0.05) is 23.7 Å². The minimum absolute atomic E-state index is 0.294. The Balaban J connectivity index is 2.00. The molecule has 1 heterocycles. The van der Waals surface area contributed by atoms with Crippen LogP contribution in [0, 0.1) is 5.41 Å². The highest BCUT2D eigenvalue weighted by molar-refractivity contribution is 6.30. The van der Waals surface area contributed by atoms with Crippen molar-refractivity contribution in [2.75, 3.05) is 26.8 Å². The fraction of sp³-hybridized carbons (Fsp3) is 0.500. The summed E-state index contributed by atoms with van der Waals surface area (Å²) in [4.78, 5) is 13.4. The molecular formula is C14H18ClNO3. The van der Waals surface area contributed by atoms with Crippen molar-refractivity contribution in [3.8, 4) is 0 Å². The first-order valence-electron chi connectivity index (χ1n) is 6.26. The SMILES string of the molecule is CN(Cc1cccc(Cl)c1)CC1(C(=O)O)CCOC1. The standard InChI is InChI=1S/C14H18ClNO3/c1-16(8-11-3-2-4-12(15)7-11)9-14(13(17)18)5-6-19-10-14/h2-4,7H,5-6,8-10H2,1H3,(H,17,18). The Hall–Kier alpha value is -1.10. The lowest BCUT2D eigenvalue weighted by Crippen LogP contribution is -2.42. The van der Waals surface area contributed by atoms with Gasteiger partial charge >= 0.3 is 5.97 Å². The molecule has 1 aromatic carbocycles. The van der Waals surface area contributed by atoms with E-state index >= 15 is 0 Å². The predicted molar refractivity (Wildman–Crippen MR) is 73.3 cm³/mol. The first-order valence-corrected chi connectivity index (χ1v) is 6.64. The summed E-state index contributed by atoms with van der Waals surface area (Å²) in [6.45, 7) is 1.98. The summed E-state index contributed by atoms with van der Waals surface area (Å²) in [7, 11) is 1.92. The largest absolute Gasteiger partial charge is 0.481 e. The molecule has 0 bridgehead atoms. The van der Waals surface area contributed by atoms with Crippen LogP contribution in [0.2, 0.25) is 5.02 Å². The molecule has 0 saturated carbocycles. The molecule has 19 heavy (non-hydrogen) atoms. The summed E-state index contributed by atoms with van der Waals surface area (Å²) in [5.74, 6) is -0.775. The highest BCUT2D eigenvalue weighted by atomic mass is 35.5. The monoisotopic (exact) mass is 283 g/mol. The van der Waals surface area contributed by atoms with Crippen LogP contribution >= 0.6 is 11.6 Å². The fourth-order valence-corrected chi connectivity index (χ4v) is 2.70. The average Bonchev–Trinajstić information content (AvgIpc) is 2.78. The lowest BCUT2D eigenvalue weighted by molar-refractivity contribution is -0.150. The van der Waals surface area contributed by atoms with Crippen LogP contribution in [-0.2, 0) is 16.1 Å². The van der Waals surface area contributed by atoms with Crippen LogP contribution in [0.1, 0.15) is 12.0 Å². The molecule has 1 aliphatic rings. The summed E-state index contributed by atoms with van der Waals surface area (Å²) < 4.78 is 5.26. The van der Waals surface area contributed by atoms with E-state index in [1.807, 2.05) is 36.2 Å². The molecule has 0 spiro atoms. The van der Waals surface area contributed by atoms with Gasteiger partial charge in [0.2, 0.25) is 0 Å². The lowest BCUT2D eigenvalue weighted by Gasteiger charge is -2.28. The molecule has 0 radical (unpaired) electrons. The summed E-state index contributed by atoms with van der Waals surface area (Å²) >= 11 is 5.94. The maximum Gasteiger partial charge on any atom is 0.313 e. The summed E-state index contributed by atoms with van der Waals surface area (Å²) in [6, 6.07) is 7.61. The van der Waals surface area contributed by atoms with Gasteiger partial charge in [0.05, 0.1) is 6.61 Å². The Morgan fingerprint density at radius 2 is 2.37 bits per heavy atom. The van der Waals surface area contributed by atoms with E-state index in [-0.39, 0.29) is 0 Å². The number of rotatable bonds is 5. The van der Waals surface area contributed by atoms with Crippen LogP contribution < -0.4 is 0 Å². The van der Waals surface area contributed by atoms with E-state index in [0.717, 1.165) is 5.56 Å². The van der Waals surface area contributed by atoms with Crippen molar-refractivity contribution in [3.63, 3.8) is 0 Å². The van der Waals surface area contributed by atoms with Crippen molar-refractivity contribution < 1.29 is 14.6 Å². The second kappa shape index (κ2) is 5.90. The fourth-order valence-electron chi connectivity index (χ4n) is 2.49. The van der Waals surface area contributed by atoms with Crippen LogP contribution in [0.3, 0.4) is 0 Å². The van der Waals surface area contributed by atoms with Gasteiger partial charge < -0.3 is 14.7 Å². The third-order valence-corrected chi connectivity index (χ3v) is 3.71. The van der Waals surface area contributed by atoms with Crippen molar-refractivity contribution in [2.45, 2.75) is 13.0 Å². The zero-order valence-electron chi connectivity index (χ0n) is 10.9. The van der Waals surface area contributed by atoms with Crippen LogP contribution in [0.4, 0.5) is 0 Å². The Kier molecular flexibility index (Phi) is 4.45. The maximum absolute atomic E-state index is 11.4. The minimum atomic E-state index is -0.775. The van der Waals surface area contributed by atoms with Crippen molar-refractivity contribution in [1.82, 2.24) is 4.90 Å². The first kappa shape index (κ1) is 14.3. The van der Waals surface area contributed by atoms with E-state index in [4.69, 9.17) is 16.3 Å². The van der Waals surface area contributed by atoms with Gasteiger partial charge in [0.15, 0.2) is 0 Å². The molecule has 1 fully saturated rings. The van der Waals surface area contributed by atoms with Gasteiger partial charge in [0.25, 0.3) is 0 Å². The molecule has 1 N–H and O–H groups in total. The van der Waals surface area contributed by atoms with Crippen molar-refractivity contribution in [1.29, 1.82) is 0 Å². The van der Waals surface area contributed by atoms with Gasteiger partial charge in [-0.2, -0.15) is 0 Å². The van der Waals surface area contributed by atoms with Gasteiger partial charge in [-0.05, 0) is 31.2 Å². The van der Waals surface area contributed by atoms with Crippen molar-refractivity contribution in [2.24, 2.45) is 5.41 Å². The number of carboxylic acid groups (broad SMARTS) is 1. The van der Waals surface area contributed by atoms with E-state index in [1.165, 1.54) is 0 Å². The Morgan fingerprint density at radius 1 is 1.58 bits per heavy atom.